The average molecular weight is 303 g/mol. The second kappa shape index (κ2) is 6.41. The van der Waals surface area contributed by atoms with Crippen molar-refractivity contribution in [1.82, 2.24) is 14.5 Å². The van der Waals surface area contributed by atoms with E-state index in [0.29, 0.717) is 18.9 Å². The molecule has 0 aromatic heterocycles. The number of carbonyl (C=O) groups is 1. The molecule has 2 aliphatic heterocycles. The van der Waals surface area contributed by atoms with Crippen LogP contribution in [0, 0.1) is 5.92 Å². The van der Waals surface area contributed by atoms with Crippen molar-refractivity contribution < 1.29 is 13.2 Å². The number of hydrogen-bond donors (Lipinski definition) is 1. The van der Waals surface area contributed by atoms with E-state index in [2.05, 4.69) is 5.32 Å². The Labute approximate surface area is 121 Å². The van der Waals surface area contributed by atoms with E-state index in [-0.39, 0.29) is 5.91 Å². The number of hydrogen-bond acceptors (Lipinski definition) is 4. The van der Waals surface area contributed by atoms with Crippen LogP contribution in [0.4, 0.5) is 0 Å². The van der Waals surface area contributed by atoms with Gasteiger partial charge in [0.15, 0.2) is 0 Å². The number of likely N-dealkylation sites (tertiary alicyclic amines) is 1. The maximum Gasteiger partial charge on any atom is 0.241 e. The highest BCUT2D eigenvalue weighted by atomic mass is 32.2. The lowest BCUT2D eigenvalue weighted by Crippen LogP contribution is -2.51. The van der Waals surface area contributed by atoms with Crippen molar-refractivity contribution in [1.29, 1.82) is 0 Å². The van der Waals surface area contributed by atoms with Gasteiger partial charge in [0.2, 0.25) is 15.9 Å². The third kappa shape index (κ3) is 3.51. The minimum atomic E-state index is -3.29. The lowest BCUT2D eigenvalue weighted by Gasteiger charge is -2.35. The Morgan fingerprint density at radius 3 is 2.60 bits per heavy atom. The molecule has 6 nitrogen and oxygen atoms in total. The predicted octanol–water partition coefficient (Wildman–Crippen LogP) is -0.132. The number of carbonyl (C=O) groups excluding carboxylic acids is 1. The highest BCUT2D eigenvalue weighted by Crippen LogP contribution is 2.24. The standard InChI is InChI=1S/C13H25N3O3S/c1-14-9-11-5-3-7-15(10-11)13(17)12-6-4-8-16(12)20(2,18)19/h11-12,14H,3-10H2,1-2H3/t11-,12-/m0/s1. The Morgan fingerprint density at radius 2 is 1.95 bits per heavy atom. The number of sulfonamides is 1. The van der Waals surface area contributed by atoms with Gasteiger partial charge >= 0.3 is 0 Å². The number of nitrogens with one attached hydrogen (secondary N) is 1. The molecule has 1 amide bonds. The molecule has 0 aliphatic carbocycles. The van der Waals surface area contributed by atoms with Gasteiger partial charge in [-0.1, -0.05) is 0 Å². The largest absolute Gasteiger partial charge is 0.341 e. The second-order valence-electron chi connectivity index (χ2n) is 5.88. The molecule has 0 aromatic carbocycles. The zero-order valence-corrected chi connectivity index (χ0v) is 13.2. The molecule has 1 N–H and O–H groups in total. The molecule has 2 rings (SSSR count). The first kappa shape index (κ1) is 15.7. The van der Waals surface area contributed by atoms with Crippen molar-refractivity contribution in [2.24, 2.45) is 5.92 Å². The fourth-order valence-corrected chi connectivity index (χ4v) is 4.43. The predicted molar refractivity (Wildman–Crippen MR) is 77.8 cm³/mol. The highest BCUT2D eigenvalue weighted by molar-refractivity contribution is 7.88. The van der Waals surface area contributed by atoms with Crippen LogP contribution in [-0.4, -0.2) is 69.1 Å². The molecule has 2 heterocycles. The van der Waals surface area contributed by atoms with E-state index in [9.17, 15) is 13.2 Å². The van der Waals surface area contributed by atoms with E-state index >= 15 is 0 Å². The summed E-state index contributed by atoms with van der Waals surface area (Å²) in [4.78, 5) is 14.5. The summed E-state index contributed by atoms with van der Waals surface area (Å²) in [6, 6.07) is -0.474. The van der Waals surface area contributed by atoms with Crippen LogP contribution in [0.15, 0.2) is 0 Å². The van der Waals surface area contributed by atoms with E-state index in [1.807, 2.05) is 11.9 Å². The molecule has 20 heavy (non-hydrogen) atoms. The summed E-state index contributed by atoms with van der Waals surface area (Å²) in [5, 5.41) is 3.16. The molecule has 7 heteroatoms. The van der Waals surface area contributed by atoms with Crippen molar-refractivity contribution in [3.63, 3.8) is 0 Å². The molecule has 0 radical (unpaired) electrons. The molecular formula is C13H25N3O3S. The van der Waals surface area contributed by atoms with Crippen molar-refractivity contribution in [2.45, 2.75) is 31.7 Å². The minimum absolute atomic E-state index is 0.00581. The summed E-state index contributed by atoms with van der Waals surface area (Å²) in [6.07, 6.45) is 4.75. The van der Waals surface area contributed by atoms with Gasteiger partial charge in [-0.2, -0.15) is 4.31 Å². The van der Waals surface area contributed by atoms with Gasteiger partial charge in [0, 0.05) is 19.6 Å². The number of piperidine rings is 1. The molecule has 2 saturated heterocycles. The molecule has 2 aliphatic rings. The lowest BCUT2D eigenvalue weighted by molar-refractivity contribution is -0.136. The number of rotatable bonds is 4. The third-order valence-corrected chi connectivity index (χ3v) is 5.53. The Balaban J connectivity index is 2.03. The summed E-state index contributed by atoms with van der Waals surface area (Å²) in [7, 11) is -1.37. The summed E-state index contributed by atoms with van der Waals surface area (Å²) < 4.78 is 24.9. The van der Waals surface area contributed by atoms with Gasteiger partial charge in [-0.15, -0.1) is 0 Å². The van der Waals surface area contributed by atoms with Crippen LogP contribution in [0.5, 0.6) is 0 Å². The monoisotopic (exact) mass is 303 g/mol. The topological polar surface area (TPSA) is 69.7 Å². The van der Waals surface area contributed by atoms with Gasteiger partial charge < -0.3 is 10.2 Å². The van der Waals surface area contributed by atoms with E-state index in [0.717, 1.165) is 38.9 Å². The number of amides is 1. The van der Waals surface area contributed by atoms with Crippen molar-refractivity contribution in [3.05, 3.63) is 0 Å². The average Bonchev–Trinajstić information content (AvgIpc) is 2.87. The molecule has 116 valence electrons. The normalized spacial score (nSPS) is 28.8. The smallest absolute Gasteiger partial charge is 0.241 e. The molecule has 0 unspecified atom stereocenters. The fourth-order valence-electron chi connectivity index (χ4n) is 3.32. The van der Waals surface area contributed by atoms with E-state index in [4.69, 9.17) is 0 Å². The van der Waals surface area contributed by atoms with Gasteiger partial charge in [-0.3, -0.25) is 4.79 Å². The summed E-state index contributed by atoms with van der Waals surface area (Å²) in [5.74, 6) is 0.472. The quantitative estimate of drug-likeness (QED) is 0.785. The Morgan fingerprint density at radius 1 is 1.25 bits per heavy atom. The number of nitrogens with zero attached hydrogens (tertiary/aromatic N) is 2. The molecule has 2 atom stereocenters. The van der Waals surface area contributed by atoms with Crippen LogP contribution in [-0.2, 0) is 14.8 Å². The zero-order chi connectivity index (χ0) is 14.8. The highest BCUT2D eigenvalue weighted by Gasteiger charge is 2.39. The van der Waals surface area contributed by atoms with Gasteiger partial charge in [0.1, 0.15) is 6.04 Å². The minimum Gasteiger partial charge on any atom is -0.341 e. The van der Waals surface area contributed by atoms with Crippen molar-refractivity contribution in [3.8, 4) is 0 Å². The Hall–Kier alpha value is -0.660. The van der Waals surface area contributed by atoms with Crippen LogP contribution in [0.25, 0.3) is 0 Å². The molecular weight excluding hydrogens is 278 g/mol. The first-order valence-electron chi connectivity index (χ1n) is 7.33. The van der Waals surface area contributed by atoms with Gasteiger partial charge in [0.05, 0.1) is 6.26 Å². The first-order chi connectivity index (χ1) is 9.43. The summed E-state index contributed by atoms with van der Waals surface area (Å²) >= 11 is 0. The van der Waals surface area contributed by atoms with E-state index in [1.165, 1.54) is 10.6 Å². The Kier molecular flexibility index (Phi) is 5.04. The van der Waals surface area contributed by atoms with Crippen LogP contribution in [0.2, 0.25) is 0 Å². The SMILES string of the molecule is CNC[C@@H]1CCCN(C(=O)[C@@H]2CCCN2S(C)(=O)=O)C1. The molecule has 0 bridgehead atoms. The van der Waals surface area contributed by atoms with Gasteiger partial charge in [-0.25, -0.2) is 8.42 Å². The van der Waals surface area contributed by atoms with Gasteiger partial charge in [0.25, 0.3) is 0 Å². The lowest BCUT2D eigenvalue weighted by atomic mass is 9.97. The maximum absolute atomic E-state index is 12.6. The van der Waals surface area contributed by atoms with Crippen LogP contribution >= 0.6 is 0 Å². The van der Waals surface area contributed by atoms with Gasteiger partial charge in [-0.05, 0) is 45.2 Å². The molecule has 0 spiro atoms. The second-order valence-corrected chi connectivity index (χ2v) is 7.82. The zero-order valence-electron chi connectivity index (χ0n) is 12.3. The third-order valence-electron chi connectivity index (χ3n) is 4.24. The molecule has 0 saturated carbocycles. The van der Waals surface area contributed by atoms with Crippen molar-refractivity contribution >= 4 is 15.9 Å². The van der Waals surface area contributed by atoms with Crippen LogP contribution in [0.1, 0.15) is 25.7 Å². The summed E-state index contributed by atoms with van der Waals surface area (Å²) in [5.41, 5.74) is 0. The maximum atomic E-state index is 12.6. The van der Waals surface area contributed by atoms with Crippen LogP contribution < -0.4 is 5.32 Å². The summed E-state index contributed by atoms with van der Waals surface area (Å²) in [6.45, 7) is 2.88. The van der Waals surface area contributed by atoms with Crippen molar-refractivity contribution in [2.75, 3.05) is 39.5 Å². The first-order valence-corrected chi connectivity index (χ1v) is 9.18. The van der Waals surface area contributed by atoms with E-state index in [1.54, 1.807) is 0 Å². The van der Waals surface area contributed by atoms with E-state index < -0.39 is 16.1 Å². The van der Waals surface area contributed by atoms with Crippen LogP contribution in [0.3, 0.4) is 0 Å². The molecule has 2 fully saturated rings. The Bertz CT molecular complexity index is 450. The fraction of sp³-hybridized carbons (Fsp3) is 0.923. The molecule has 0 aromatic rings.